The van der Waals surface area contributed by atoms with Crippen molar-refractivity contribution in [1.82, 2.24) is 18.8 Å². The van der Waals surface area contributed by atoms with Crippen LogP contribution in [0.3, 0.4) is 0 Å². The molecule has 0 amide bonds. The van der Waals surface area contributed by atoms with Gasteiger partial charge >= 0.3 is 0 Å². The lowest BCUT2D eigenvalue weighted by molar-refractivity contribution is 0.445. The number of fused-ring (bicyclic) bond motifs is 1. The molecule has 1 aliphatic heterocycles. The SMILES string of the molecule is Cl.Cn1c(Cl)cc2ncnc(Nc3ccc(OC4=CN(Cc5ccccc5)S(Cc5ccccc5)=C4)c(Cl)c3)c21. The fourth-order valence-electron chi connectivity index (χ4n) is 4.42. The van der Waals surface area contributed by atoms with Crippen molar-refractivity contribution in [2.45, 2.75) is 12.3 Å². The van der Waals surface area contributed by atoms with Gasteiger partial charge in [-0.25, -0.2) is 9.97 Å². The first-order valence-electron chi connectivity index (χ1n) is 12.3. The molecule has 10 heteroatoms. The topological polar surface area (TPSA) is 55.2 Å². The van der Waals surface area contributed by atoms with Crippen LogP contribution in [-0.4, -0.2) is 24.2 Å². The lowest BCUT2D eigenvalue weighted by atomic mass is 10.2. The molecule has 2 aromatic heterocycles. The molecule has 0 fully saturated rings. The van der Waals surface area contributed by atoms with Crippen LogP contribution < -0.4 is 10.1 Å². The number of rotatable bonds is 8. The highest BCUT2D eigenvalue weighted by Crippen LogP contribution is 2.37. The lowest BCUT2D eigenvalue weighted by Gasteiger charge is -2.21. The van der Waals surface area contributed by atoms with Crippen LogP contribution in [0.5, 0.6) is 5.75 Å². The van der Waals surface area contributed by atoms with E-state index < -0.39 is 0 Å². The lowest BCUT2D eigenvalue weighted by Crippen LogP contribution is -2.09. The number of aromatic nitrogens is 3. The second-order valence-electron chi connectivity index (χ2n) is 9.10. The summed E-state index contributed by atoms with van der Waals surface area (Å²) in [6, 6.07) is 28.4. The van der Waals surface area contributed by atoms with E-state index in [0.717, 1.165) is 34.8 Å². The van der Waals surface area contributed by atoms with Gasteiger partial charge in [-0.2, -0.15) is 0 Å². The van der Waals surface area contributed by atoms with E-state index in [1.165, 1.54) is 17.5 Å². The first kappa shape index (κ1) is 28.1. The summed E-state index contributed by atoms with van der Waals surface area (Å²) in [6.45, 7) is 0.799. The van der Waals surface area contributed by atoms with Gasteiger partial charge in [0, 0.05) is 29.9 Å². The van der Waals surface area contributed by atoms with Crippen molar-refractivity contribution in [3.8, 4) is 5.75 Å². The number of aryl methyl sites for hydroxylation is 1. The zero-order valence-electron chi connectivity index (χ0n) is 21.5. The highest BCUT2D eigenvalue weighted by molar-refractivity contribution is 8.12. The van der Waals surface area contributed by atoms with Crippen molar-refractivity contribution in [1.29, 1.82) is 0 Å². The van der Waals surface area contributed by atoms with Crippen LogP contribution in [0.4, 0.5) is 11.5 Å². The molecule has 6 nitrogen and oxygen atoms in total. The Hall–Kier alpha value is -3.49. The summed E-state index contributed by atoms with van der Waals surface area (Å²) < 4.78 is 10.5. The van der Waals surface area contributed by atoms with Crippen LogP contribution in [-0.2, 0) is 19.3 Å². The van der Waals surface area contributed by atoms with Crippen molar-refractivity contribution < 1.29 is 4.74 Å². The largest absolute Gasteiger partial charge is 0.454 e. The van der Waals surface area contributed by atoms with Gasteiger partial charge in [-0.15, -0.1) is 12.4 Å². The summed E-state index contributed by atoms with van der Waals surface area (Å²) in [4.78, 5) is 8.71. The molecule has 1 atom stereocenters. The van der Waals surface area contributed by atoms with Gasteiger partial charge in [0.2, 0.25) is 0 Å². The molecule has 3 aromatic carbocycles. The van der Waals surface area contributed by atoms with E-state index in [9.17, 15) is 0 Å². The predicted molar refractivity (Wildman–Crippen MR) is 170 cm³/mol. The number of nitrogens with zero attached hydrogens (tertiary/aromatic N) is 4. The number of allylic oxidation sites excluding steroid dienone is 1. The highest BCUT2D eigenvalue weighted by Gasteiger charge is 2.19. The summed E-state index contributed by atoms with van der Waals surface area (Å²) in [7, 11) is 1.71. The third-order valence-corrected chi connectivity index (χ3v) is 8.98. The van der Waals surface area contributed by atoms with E-state index in [0.29, 0.717) is 21.7 Å². The molecule has 0 saturated heterocycles. The minimum absolute atomic E-state index is 0. The van der Waals surface area contributed by atoms with Gasteiger partial charge in [0.1, 0.15) is 22.7 Å². The zero-order chi connectivity index (χ0) is 26.8. The van der Waals surface area contributed by atoms with Crippen molar-refractivity contribution in [2.75, 3.05) is 5.32 Å². The van der Waals surface area contributed by atoms with Crippen LogP contribution in [0.1, 0.15) is 11.1 Å². The normalized spacial score (nSPS) is 14.4. The maximum absolute atomic E-state index is 6.68. The summed E-state index contributed by atoms with van der Waals surface area (Å²) in [6.07, 6.45) is 3.59. The summed E-state index contributed by atoms with van der Waals surface area (Å²) in [5.41, 5.74) is 4.90. The van der Waals surface area contributed by atoms with Gasteiger partial charge in [0.05, 0.1) is 23.3 Å². The van der Waals surface area contributed by atoms with Gasteiger partial charge in [-0.1, -0.05) is 94.5 Å². The molecule has 5 aromatic rings. The second kappa shape index (κ2) is 12.4. The maximum Gasteiger partial charge on any atom is 0.158 e. The summed E-state index contributed by atoms with van der Waals surface area (Å²) >= 11 is 13.0. The van der Waals surface area contributed by atoms with Gasteiger partial charge in [-0.05, 0) is 29.3 Å². The maximum atomic E-state index is 6.68. The Morgan fingerprint density at radius 2 is 1.62 bits per heavy atom. The molecule has 0 bridgehead atoms. The second-order valence-corrected chi connectivity index (χ2v) is 11.7. The molecule has 1 unspecified atom stereocenters. The molecule has 3 heterocycles. The van der Waals surface area contributed by atoms with Crippen molar-refractivity contribution in [2.24, 2.45) is 7.05 Å². The average molecular weight is 611 g/mol. The monoisotopic (exact) mass is 609 g/mol. The van der Waals surface area contributed by atoms with E-state index >= 15 is 0 Å². The van der Waals surface area contributed by atoms with Gasteiger partial charge in [-0.3, -0.25) is 0 Å². The van der Waals surface area contributed by atoms with Crippen molar-refractivity contribution in [3.63, 3.8) is 0 Å². The smallest absolute Gasteiger partial charge is 0.158 e. The molecular weight excluding hydrogens is 585 g/mol. The number of ether oxygens (including phenoxy) is 1. The summed E-state index contributed by atoms with van der Waals surface area (Å²) in [5.74, 6) is 2.92. The Balaban J connectivity index is 0.00000323. The predicted octanol–water partition coefficient (Wildman–Crippen LogP) is 8.36. The number of hydrogen-bond acceptors (Lipinski definition) is 5. The highest BCUT2D eigenvalue weighted by atomic mass is 35.5. The zero-order valence-corrected chi connectivity index (χ0v) is 24.6. The number of hydrogen-bond donors (Lipinski definition) is 1. The number of halogens is 3. The van der Waals surface area contributed by atoms with Gasteiger partial charge in [0.25, 0.3) is 0 Å². The van der Waals surface area contributed by atoms with E-state index in [1.54, 1.807) is 0 Å². The number of benzene rings is 3. The van der Waals surface area contributed by atoms with E-state index in [4.69, 9.17) is 27.9 Å². The first-order valence-corrected chi connectivity index (χ1v) is 14.5. The van der Waals surface area contributed by atoms with Crippen LogP contribution in [0.15, 0.2) is 103 Å². The third kappa shape index (κ3) is 6.13. The van der Waals surface area contributed by atoms with Crippen LogP contribution in [0, 0.1) is 0 Å². The van der Waals surface area contributed by atoms with E-state index in [-0.39, 0.29) is 23.1 Å². The van der Waals surface area contributed by atoms with Gasteiger partial charge in [0.15, 0.2) is 11.6 Å². The Morgan fingerprint density at radius 3 is 2.35 bits per heavy atom. The fraction of sp³-hybridized carbons (Fsp3) is 0.100. The molecule has 1 aliphatic rings. The average Bonchev–Trinajstić information content (AvgIpc) is 3.45. The quantitative estimate of drug-likeness (QED) is 0.179. The Morgan fingerprint density at radius 1 is 0.900 bits per heavy atom. The van der Waals surface area contributed by atoms with Crippen LogP contribution in [0.25, 0.3) is 11.0 Å². The molecule has 40 heavy (non-hydrogen) atoms. The Labute approximate surface area is 251 Å². The van der Waals surface area contributed by atoms with Crippen LogP contribution in [0.2, 0.25) is 10.2 Å². The Bertz CT molecular complexity index is 1710. The number of nitrogens with one attached hydrogen (secondary N) is 1. The van der Waals surface area contributed by atoms with E-state index in [2.05, 4.69) is 79.7 Å². The van der Waals surface area contributed by atoms with Crippen molar-refractivity contribution >= 4 is 74.2 Å². The standard InChI is InChI=1S/C30H25Cl2N5OS.ClH/c1-36-28(32)15-26-29(36)30(34-20-33-26)35-23-12-13-27(25(31)14-23)38-24-17-37(16-21-8-4-2-5-9-21)39(19-24)18-22-10-6-3-7-11-22;/h2-15,17,19-20H,16,18H2,1H3,(H,33,34,35);1H. The molecule has 0 saturated carbocycles. The number of anilines is 2. The van der Waals surface area contributed by atoms with Crippen LogP contribution >= 0.6 is 46.3 Å². The molecule has 204 valence electrons. The molecule has 6 rings (SSSR count). The molecular formula is C30H26Cl3N5OS. The first-order chi connectivity index (χ1) is 19.0. The van der Waals surface area contributed by atoms with Gasteiger partial charge < -0.3 is 18.9 Å². The molecule has 1 N–H and O–H groups in total. The van der Waals surface area contributed by atoms with E-state index in [1.807, 2.05) is 48.0 Å². The fourth-order valence-corrected chi connectivity index (χ4v) is 6.67. The Kier molecular flexibility index (Phi) is 8.66. The minimum atomic E-state index is -0.164. The third-order valence-electron chi connectivity index (χ3n) is 6.35. The molecule has 0 radical (unpaired) electrons. The molecule has 0 aliphatic carbocycles. The van der Waals surface area contributed by atoms with Crippen molar-refractivity contribution in [3.05, 3.63) is 125 Å². The minimum Gasteiger partial charge on any atom is -0.454 e. The summed E-state index contributed by atoms with van der Waals surface area (Å²) in [5, 5.41) is 6.60. The molecule has 0 spiro atoms.